The minimum atomic E-state index is -0.759. The van der Waals surface area contributed by atoms with Crippen LogP contribution in [-0.2, 0) is 11.2 Å². The number of benzene rings is 2. The minimum Gasteiger partial charge on any atom is -0.371 e. The van der Waals surface area contributed by atoms with E-state index in [2.05, 4.69) is 17.4 Å². The molecule has 0 aromatic heterocycles. The highest BCUT2D eigenvalue weighted by molar-refractivity contribution is 5.87. The lowest BCUT2D eigenvalue weighted by atomic mass is 9.92. The van der Waals surface area contributed by atoms with Crippen molar-refractivity contribution in [3.8, 4) is 0 Å². The third-order valence-electron chi connectivity index (χ3n) is 3.77. The molecule has 2 aromatic rings. The number of hydrogen-bond acceptors (Lipinski definition) is 2. The monoisotopic (exact) mass is 282 g/mol. The third kappa shape index (κ3) is 4.09. The first-order chi connectivity index (χ1) is 9.99. The molecule has 1 amide bonds. The number of carbonyl (C=O) groups excluding carboxylic acids is 1. The zero-order valence-electron chi connectivity index (χ0n) is 12.6. The fourth-order valence-electron chi connectivity index (χ4n) is 2.24. The van der Waals surface area contributed by atoms with Crippen molar-refractivity contribution in [2.75, 3.05) is 5.32 Å². The third-order valence-corrected chi connectivity index (χ3v) is 3.77. The summed E-state index contributed by atoms with van der Waals surface area (Å²) >= 11 is 0. The van der Waals surface area contributed by atoms with Crippen molar-refractivity contribution in [1.29, 1.82) is 0 Å². The number of hydrogen-bond donors (Lipinski definition) is 2. The van der Waals surface area contributed by atoms with E-state index < -0.39 is 5.54 Å². The van der Waals surface area contributed by atoms with E-state index in [9.17, 15) is 4.79 Å². The predicted molar refractivity (Wildman–Crippen MR) is 87.2 cm³/mol. The lowest BCUT2D eigenvalue weighted by Gasteiger charge is -2.29. The maximum atomic E-state index is 11.9. The summed E-state index contributed by atoms with van der Waals surface area (Å²) in [6.07, 6.45) is 1.46. The summed E-state index contributed by atoms with van der Waals surface area (Å²) in [5, 5.41) is 3.28. The average molecular weight is 282 g/mol. The molecule has 110 valence electrons. The number of nitrogens with one attached hydrogen (secondary N) is 1. The molecule has 1 atom stereocenters. The molecule has 3 heteroatoms. The molecule has 0 heterocycles. The molecule has 0 aliphatic carbocycles. The summed E-state index contributed by atoms with van der Waals surface area (Å²) in [6.45, 7) is 3.89. The molecule has 0 saturated carbocycles. The van der Waals surface area contributed by atoms with Gasteiger partial charge in [-0.2, -0.15) is 0 Å². The van der Waals surface area contributed by atoms with Gasteiger partial charge < -0.3 is 11.1 Å². The summed E-state index contributed by atoms with van der Waals surface area (Å²) in [5.74, 6) is -0.334. The van der Waals surface area contributed by atoms with Crippen molar-refractivity contribution in [3.05, 3.63) is 65.7 Å². The molecule has 0 spiro atoms. The maximum absolute atomic E-state index is 11.9. The molecule has 3 N–H and O–H groups in total. The number of rotatable bonds is 6. The summed E-state index contributed by atoms with van der Waals surface area (Å²) in [5.41, 5.74) is 8.15. The van der Waals surface area contributed by atoms with E-state index in [1.807, 2.05) is 56.3 Å². The van der Waals surface area contributed by atoms with Crippen molar-refractivity contribution in [1.82, 2.24) is 0 Å². The van der Waals surface area contributed by atoms with E-state index in [0.717, 1.165) is 12.1 Å². The van der Waals surface area contributed by atoms with Crippen LogP contribution in [0.5, 0.6) is 0 Å². The summed E-state index contributed by atoms with van der Waals surface area (Å²) in [4.78, 5) is 11.9. The first-order valence-corrected chi connectivity index (χ1v) is 7.18. The Bertz CT molecular complexity index is 592. The second kappa shape index (κ2) is 6.44. The predicted octanol–water partition coefficient (Wildman–Crippen LogP) is 3.28. The SMILES string of the molecule is Cc1ccc(NC(C)(CCc2ccccc2)C(N)=O)cc1. The second-order valence-corrected chi connectivity index (χ2v) is 5.67. The van der Waals surface area contributed by atoms with Crippen molar-refractivity contribution < 1.29 is 4.79 Å². The smallest absolute Gasteiger partial charge is 0.242 e. The number of amides is 1. The molecule has 0 aliphatic rings. The highest BCUT2D eigenvalue weighted by Gasteiger charge is 2.30. The lowest BCUT2D eigenvalue weighted by Crippen LogP contribution is -2.48. The Kier molecular flexibility index (Phi) is 4.63. The second-order valence-electron chi connectivity index (χ2n) is 5.67. The van der Waals surface area contributed by atoms with Crippen LogP contribution in [0.15, 0.2) is 54.6 Å². The molecule has 0 fully saturated rings. The molecule has 1 unspecified atom stereocenters. The van der Waals surface area contributed by atoms with Gasteiger partial charge in [-0.05, 0) is 44.4 Å². The molecule has 21 heavy (non-hydrogen) atoms. The fraction of sp³-hybridized carbons (Fsp3) is 0.278. The van der Waals surface area contributed by atoms with Crippen molar-refractivity contribution >= 4 is 11.6 Å². The number of anilines is 1. The number of nitrogens with two attached hydrogens (primary N) is 1. The van der Waals surface area contributed by atoms with Gasteiger partial charge in [0.1, 0.15) is 5.54 Å². The topological polar surface area (TPSA) is 55.1 Å². The highest BCUT2D eigenvalue weighted by atomic mass is 16.1. The molecule has 0 saturated heterocycles. The first kappa shape index (κ1) is 15.1. The largest absolute Gasteiger partial charge is 0.371 e. The van der Waals surface area contributed by atoms with E-state index in [1.165, 1.54) is 11.1 Å². The van der Waals surface area contributed by atoms with Crippen LogP contribution in [0.4, 0.5) is 5.69 Å². The summed E-state index contributed by atoms with van der Waals surface area (Å²) in [7, 11) is 0. The average Bonchev–Trinajstić information content (AvgIpc) is 2.48. The van der Waals surface area contributed by atoms with Gasteiger partial charge in [0.25, 0.3) is 0 Å². The van der Waals surface area contributed by atoms with Gasteiger partial charge in [-0.15, -0.1) is 0 Å². The quantitative estimate of drug-likeness (QED) is 0.854. The van der Waals surface area contributed by atoms with Gasteiger partial charge in [-0.25, -0.2) is 0 Å². The molecular formula is C18H22N2O. The standard InChI is InChI=1S/C18H22N2O/c1-14-8-10-16(11-9-14)20-18(2,17(19)21)13-12-15-6-4-3-5-7-15/h3-11,20H,12-13H2,1-2H3,(H2,19,21). The van der Waals surface area contributed by atoms with E-state index in [4.69, 9.17) is 5.73 Å². The Hall–Kier alpha value is -2.29. The Morgan fingerprint density at radius 1 is 1.10 bits per heavy atom. The van der Waals surface area contributed by atoms with Crippen LogP contribution in [-0.4, -0.2) is 11.4 Å². The van der Waals surface area contributed by atoms with Crippen LogP contribution in [0, 0.1) is 6.92 Å². The zero-order chi connectivity index (χ0) is 15.3. The highest BCUT2D eigenvalue weighted by Crippen LogP contribution is 2.21. The normalized spacial score (nSPS) is 13.4. The summed E-state index contributed by atoms with van der Waals surface area (Å²) < 4.78 is 0. The van der Waals surface area contributed by atoms with Crippen LogP contribution in [0.1, 0.15) is 24.5 Å². The van der Waals surface area contributed by atoms with Crippen molar-refractivity contribution in [2.24, 2.45) is 5.73 Å². The number of aryl methyl sites for hydroxylation is 2. The first-order valence-electron chi connectivity index (χ1n) is 7.18. The van der Waals surface area contributed by atoms with E-state index in [1.54, 1.807) is 0 Å². The number of primary amides is 1. The van der Waals surface area contributed by atoms with Crippen LogP contribution < -0.4 is 11.1 Å². The molecule has 0 bridgehead atoms. The molecule has 2 rings (SSSR count). The van der Waals surface area contributed by atoms with Crippen LogP contribution in [0.25, 0.3) is 0 Å². The van der Waals surface area contributed by atoms with Gasteiger partial charge in [-0.1, -0.05) is 48.0 Å². The summed E-state index contributed by atoms with van der Waals surface area (Å²) in [6, 6.07) is 18.1. The molecular weight excluding hydrogens is 260 g/mol. The van der Waals surface area contributed by atoms with Gasteiger partial charge >= 0.3 is 0 Å². The van der Waals surface area contributed by atoms with Gasteiger partial charge in [0.15, 0.2) is 0 Å². The van der Waals surface area contributed by atoms with E-state index in [0.29, 0.717) is 6.42 Å². The Balaban J connectivity index is 2.09. The van der Waals surface area contributed by atoms with Gasteiger partial charge in [-0.3, -0.25) is 4.79 Å². The molecule has 3 nitrogen and oxygen atoms in total. The maximum Gasteiger partial charge on any atom is 0.242 e. The van der Waals surface area contributed by atoms with E-state index >= 15 is 0 Å². The molecule has 0 aliphatic heterocycles. The van der Waals surface area contributed by atoms with E-state index in [-0.39, 0.29) is 5.91 Å². The minimum absolute atomic E-state index is 0.334. The fourth-order valence-corrected chi connectivity index (χ4v) is 2.24. The Morgan fingerprint density at radius 2 is 1.71 bits per heavy atom. The van der Waals surface area contributed by atoms with Crippen molar-refractivity contribution in [3.63, 3.8) is 0 Å². The van der Waals surface area contributed by atoms with Crippen LogP contribution in [0.2, 0.25) is 0 Å². The lowest BCUT2D eigenvalue weighted by molar-refractivity contribution is -0.122. The Morgan fingerprint density at radius 3 is 2.29 bits per heavy atom. The number of carbonyl (C=O) groups is 1. The zero-order valence-corrected chi connectivity index (χ0v) is 12.6. The van der Waals surface area contributed by atoms with Gasteiger partial charge in [0.05, 0.1) is 0 Å². The molecule has 2 aromatic carbocycles. The Labute approximate surface area is 126 Å². The molecule has 0 radical (unpaired) electrons. The van der Waals surface area contributed by atoms with Gasteiger partial charge in [0.2, 0.25) is 5.91 Å². The van der Waals surface area contributed by atoms with Crippen LogP contribution in [0.3, 0.4) is 0 Å². The van der Waals surface area contributed by atoms with Gasteiger partial charge in [0, 0.05) is 5.69 Å². The van der Waals surface area contributed by atoms with Crippen LogP contribution >= 0.6 is 0 Å². The van der Waals surface area contributed by atoms with Crippen molar-refractivity contribution in [2.45, 2.75) is 32.2 Å².